The van der Waals surface area contributed by atoms with Gasteiger partial charge in [0.15, 0.2) is 0 Å². The normalized spacial score (nSPS) is 24.7. The number of methoxy groups -OCH3 is 1. The van der Waals surface area contributed by atoms with Gasteiger partial charge in [-0.15, -0.1) is 0 Å². The van der Waals surface area contributed by atoms with E-state index in [0.29, 0.717) is 18.7 Å². The molecule has 0 radical (unpaired) electrons. The number of nitrogens with zero attached hydrogens (tertiary/aromatic N) is 1. The van der Waals surface area contributed by atoms with E-state index in [4.69, 9.17) is 4.74 Å². The van der Waals surface area contributed by atoms with Gasteiger partial charge in [-0.3, -0.25) is 0 Å². The summed E-state index contributed by atoms with van der Waals surface area (Å²) in [6.07, 6.45) is 3.78. The smallest absolute Gasteiger partial charge is 0.0837 e. The van der Waals surface area contributed by atoms with Gasteiger partial charge in [-0.1, -0.05) is 30.3 Å². The van der Waals surface area contributed by atoms with E-state index in [1.54, 1.807) is 7.11 Å². The van der Waals surface area contributed by atoms with Crippen LogP contribution in [-0.2, 0) is 4.74 Å². The highest BCUT2D eigenvalue weighted by Gasteiger charge is 2.27. The molecule has 1 aromatic carbocycles. The molecule has 0 heterocycles. The van der Waals surface area contributed by atoms with Crippen molar-refractivity contribution in [3.05, 3.63) is 35.9 Å². The maximum atomic E-state index is 9.26. The Balaban J connectivity index is 1.90. The summed E-state index contributed by atoms with van der Waals surface area (Å²) in [5, 5.41) is 12.7. The molecule has 0 aromatic heterocycles. The van der Waals surface area contributed by atoms with Gasteiger partial charge in [0, 0.05) is 19.7 Å². The minimum Gasteiger partial charge on any atom is -0.380 e. The quantitative estimate of drug-likeness (QED) is 0.865. The summed E-state index contributed by atoms with van der Waals surface area (Å²) in [5.74, 6) is -0.0793. The molecule has 3 atom stereocenters. The zero-order valence-corrected chi connectivity index (χ0v) is 10.8. The Morgan fingerprint density at radius 3 is 2.83 bits per heavy atom. The molecular weight excluding hydrogens is 224 g/mol. The third kappa shape index (κ3) is 3.10. The maximum absolute atomic E-state index is 9.26. The molecule has 0 aliphatic heterocycles. The van der Waals surface area contributed by atoms with Gasteiger partial charge in [0.25, 0.3) is 0 Å². The number of hydrogen-bond acceptors (Lipinski definition) is 3. The van der Waals surface area contributed by atoms with Gasteiger partial charge >= 0.3 is 0 Å². The van der Waals surface area contributed by atoms with Crippen LogP contribution in [0.15, 0.2) is 30.3 Å². The molecule has 1 aliphatic rings. The SMILES string of the molecule is COC1CCCC1NCC(C#N)c1ccccc1. The van der Waals surface area contributed by atoms with Crippen molar-refractivity contribution in [2.24, 2.45) is 0 Å². The molecule has 18 heavy (non-hydrogen) atoms. The highest BCUT2D eigenvalue weighted by molar-refractivity contribution is 5.25. The Bertz CT molecular complexity index is 399. The van der Waals surface area contributed by atoms with Crippen molar-refractivity contribution in [2.75, 3.05) is 13.7 Å². The second kappa shape index (κ2) is 6.53. The largest absolute Gasteiger partial charge is 0.380 e. The van der Waals surface area contributed by atoms with E-state index in [-0.39, 0.29) is 5.92 Å². The predicted octanol–water partition coefficient (Wildman–Crippen LogP) is 2.45. The molecule has 3 unspecified atom stereocenters. The van der Waals surface area contributed by atoms with Crippen molar-refractivity contribution in [1.82, 2.24) is 5.32 Å². The van der Waals surface area contributed by atoms with Crippen LogP contribution >= 0.6 is 0 Å². The third-order valence-electron chi connectivity index (χ3n) is 3.70. The predicted molar refractivity (Wildman–Crippen MR) is 71.2 cm³/mol. The summed E-state index contributed by atoms with van der Waals surface area (Å²) in [6, 6.07) is 12.7. The second-order valence-electron chi connectivity index (χ2n) is 4.81. The highest BCUT2D eigenvalue weighted by Crippen LogP contribution is 2.22. The third-order valence-corrected chi connectivity index (χ3v) is 3.70. The van der Waals surface area contributed by atoms with Gasteiger partial charge in [-0.25, -0.2) is 0 Å². The molecule has 0 bridgehead atoms. The Labute approximate surface area is 109 Å². The summed E-state index contributed by atoms with van der Waals surface area (Å²) in [6.45, 7) is 0.699. The Hall–Kier alpha value is -1.37. The number of nitrogens with one attached hydrogen (secondary N) is 1. The van der Waals surface area contributed by atoms with Crippen molar-refractivity contribution in [1.29, 1.82) is 5.26 Å². The molecule has 96 valence electrons. The number of rotatable bonds is 5. The van der Waals surface area contributed by atoms with Gasteiger partial charge in [0.05, 0.1) is 18.1 Å². The van der Waals surface area contributed by atoms with E-state index in [2.05, 4.69) is 11.4 Å². The first kappa shape index (κ1) is 13.1. The molecule has 1 fully saturated rings. The van der Waals surface area contributed by atoms with E-state index < -0.39 is 0 Å². The molecule has 2 rings (SSSR count). The lowest BCUT2D eigenvalue weighted by molar-refractivity contribution is 0.0852. The minimum atomic E-state index is -0.0793. The van der Waals surface area contributed by atoms with Crippen LogP contribution in [0.3, 0.4) is 0 Å². The van der Waals surface area contributed by atoms with Crippen LogP contribution in [-0.4, -0.2) is 25.8 Å². The van der Waals surface area contributed by atoms with Crippen LogP contribution in [0.1, 0.15) is 30.7 Å². The lowest BCUT2D eigenvalue weighted by atomic mass is 10.0. The maximum Gasteiger partial charge on any atom is 0.0837 e. The zero-order chi connectivity index (χ0) is 12.8. The van der Waals surface area contributed by atoms with Gasteiger partial charge in [0.2, 0.25) is 0 Å². The Morgan fingerprint density at radius 1 is 1.39 bits per heavy atom. The van der Waals surface area contributed by atoms with Gasteiger partial charge in [-0.05, 0) is 24.8 Å². The van der Waals surface area contributed by atoms with Crippen molar-refractivity contribution in [3.8, 4) is 6.07 Å². The van der Waals surface area contributed by atoms with E-state index in [0.717, 1.165) is 18.4 Å². The van der Waals surface area contributed by atoms with Crippen molar-refractivity contribution in [3.63, 3.8) is 0 Å². The van der Waals surface area contributed by atoms with E-state index in [1.807, 2.05) is 30.3 Å². The molecule has 1 aromatic rings. The number of nitriles is 1. The molecule has 1 N–H and O–H groups in total. The van der Waals surface area contributed by atoms with Crippen LogP contribution in [0.4, 0.5) is 0 Å². The topological polar surface area (TPSA) is 45.0 Å². The number of ether oxygens (including phenoxy) is 1. The van der Waals surface area contributed by atoms with Crippen LogP contribution < -0.4 is 5.32 Å². The fraction of sp³-hybridized carbons (Fsp3) is 0.533. The monoisotopic (exact) mass is 244 g/mol. The summed E-state index contributed by atoms with van der Waals surface area (Å²) in [5.41, 5.74) is 1.08. The Morgan fingerprint density at radius 2 is 2.17 bits per heavy atom. The van der Waals surface area contributed by atoms with E-state index in [1.165, 1.54) is 6.42 Å². The lowest BCUT2D eigenvalue weighted by Gasteiger charge is -2.21. The average Bonchev–Trinajstić information content (AvgIpc) is 2.88. The summed E-state index contributed by atoms with van der Waals surface area (Å²) in [4.78, 5) is 0. The van der Waals surface area contributed by atoms with Crippen LogP contribution in [0, 0.1) is 11.3 Å². The van der Waals surface area contributed by atoms with E-state index >= 15 is 0 Å². The van der Waals surface area contributed by atoms with Crippen LogP contribution in [0.2, 0.25) is 0 Å². The zero-order valence-electron chi connectivity index (χ0n) is 10.8. The van der Waals surface area contributed by atoms with Gasteiger partial charge < -0.3 is 10.1 Å². The average molecular weight is 244 g/mol. The Kier molecular flexibility index (Phi) is 4.74. The molecule has 0 spiro atoms. The van der Waals surface area contributed by atoms with Gasteiger partial charge in [0.1, 0.15) is 0 Å². The van der Waals surface area contributed by atoms with Crippen LogP contribution in [0.5, 0.6) is 0 Å². The number of hydrogen-bond donors (Lipinski definition) is 1. The first-order valence-corrected chi connectivity index (χ1v) is 6.56. The molecule has 0 saturated heterocycles. The van der Waals surface area contributed by atoms with Gasteiger partial charge in [-0.2, -0.15) is 5.26 Å². The molecule has 1 aliphatic carbocycles. The molecular formula is C15H20N2O. The minimum absolute atomic E-state index is 0.0793. The first-order chi connectivity index (χ1) is 8.85. The summed E-state index contributed by atoms with van der Waals surface area (Å²) >= 11 is 0. The fourth-order valence-electron chi connectivity index (χ4n) is 2.63. The molecule has 1 saturated carbocycles. The number of benzene rings is 1. The van der Waals surface area contributed by atoms with Crippen LogP contribution in [0.25, 0.3) is 0 Å². The van der Waals surface area contributed by atoms with E-state index in [9.17, 15) is 5.26 Å². The lowest BCUT2D eigenvalue weighted by Crippen LogP contribution is -2.38. The first-order valence-electron chi connectivity index (χ1n) is 6.56. The summed E-state index contributed by atoms with van der Waals surface area (Å²) in [7, 11) is 1.77. The summed E-state index contributed by atoms with van der Waals surface area (Å²) < 4.78 is 5.45. The second-order valence-corrected chi connectivity index (χ2v) is 4.81. The van der Waals surface area contributed by atoms with Crippen molar-refractivity contribution in [2.45, 2.75) is 37.3 Å². The molecule has 3 heteroatoms. The fourth-order valence-corrected chi connectivity index (χ4v) is 2.63. The van der Waals surface area contributed by atoms with Crippen molar-refractivity contribution < 1.29 is 4.74 Å². The molecule has 3 nitrogen and oxygen atoms in total. The molecule has 0 amide bonds. The standard InChI is InChI=1S/C15H20N2O/c1-18-15-9-5-8-14(15)17-11-13(10-16)12-6-3-2-4-7-12/h2-4,6-7,13-15,17H,5,8-9,11H2,1H3. The highest BCUT2D eigenvalue weighted by atomic mass is 16.5. The van der Waals surface area contributed by atoms with Crippen molar-refractivity contribution >= 4 is 0 Å².